The van der Waals surface area contributed by atoms with Crippen LogP contribution >= 0.6 is 23.7 Å². The van der Waals surface area contributed by atoms with Crippen molar-refractivity contribution >= 4 is 23.7 Å². The van der Waals surface area contributed by atoms with E-state index in [2.05, 4.69) is 0 Å². The molecule has 1 heterocycles. The molecule has 4 nitrogen and oxygen atoms in total. The van der Waals surface area contributed by atoms with Crippen molar-refractivity contribution in [2.24, 2.45) is 5.73 Å². The lowest BCUT2D eigenvalue weighted by Crippen LogP contribution is -2.14. The third-order valence-corrected chi connectivity index (χ3v) is 3.67. The summed E-state index contributed by atoms with van der Waals surface area (Å²) in [6, 6.07) is 5.33. The van der Waals surface area contributed by atoms with Crippen LogP contribution < -0.4 is 19.9 Å². The van der Waals surface area contributed by atoms with E-state index >= 15 is 0 Å². The molecule has 2 rings (SSSR count). The van der Waals surface area contributed by atoms with Gasteiger partial charge in [-0.25, -0.2) is 0 Å². The first-order valence-electron chi connectivity index (χ1n) is 5.78. The molecule has 0 aliphatic carbocycles. The van der Waals surface area contributed by atoms with Gasteiger partial charge in [0.15, 0.2) is 0 Å². The van der Waals surface area contributed by atoms with Crippen molar-refractivity contribution in [1.82, 2.24) is 0 Å². The van der Waals surface area contributed by atoms with Gasteiger partial charge in [0.25, 0.3) is 0 Å². The van der Waals surface area contributed by atoms with Gasteiger partial charge >= 0.3 is 0 Å². The fourth-order valence-corrected chi connectivity index (χ4v) is 2.65. The standard InChI is InChI=1S/C14H17NO3S.ClH/c1-16-10-6-11(17-2)13(12(7-10)18-3)14(15)9-4-5-19-8-9;/h4-8,14H,15H2,1-3H3;1H/t14-;/m1./s1. The summed E-state index contributed by atoms with van der Waals surface area (Å²) in [5, 5.41) is 4.02. The number of rotatable bonds is 5. The van der Waals surface area contributed by atoms with Crippen molar-refractivity contribution in [3.05, 3.63) is 40.1 Å². The number of methoxy groups -OCH3 is 3. The first-order chi connectivity index (χ1) is 9.21. The molecule has 1 aromatic carbocycles. The zero-order valence-electron chi connectivity index (χ0n) is 11.6. The van der Waals surface area contributed by atoms with Crippen LogP contribution in [-0.2, 0) is 0 Å². The Bertz CT molecular complexity index is 520. The zero-order valence-corrected chi connectivity index (χ0v) is 13.2. The highest BCUT2D eigenvalue weighted by Crippen LogP contribution is 2.39. The molecular formula is C14H18ClNO3S. The molecule has 0 fully saturated rings. The molecule has 20 heavy (non-hydrogen) atoms. The van der Waals surface area contributed by atoms with Crippen LogP contribution in [0, 0.1) is 0 Å². The van der Waals surface area contributed by atoms with E-state index in [-0.39, 0.29) is 18.4 Å². The van der Waals surface area contributed by atoms with Crippen LogP contribution in [0.25, 0.3) is 0 Å². The lowest BCUT2D eigenvalue weighted by molar-refractivity contribution is 0.366. The molecule has 0 aliphatic rings. The molecule has 0 unspecified atom stereocenters. The molecule has 2 N–H and O–H groups in total. The predicted octanol–water partition coefficient (Wildman–Crippen LogP) is 3.24. The maximum absolute atomic E-state index is 6.31. The first-order valence-corrected chi connectivity index (χ1v) is 6.73. The number of benzene rings is 1. The summed E-state index contributed by atoms with van der Waals surface area (Å²) >= 11 is 1.61. The van der Waals surface area contributed by atoms with Crippen LogP contribution in [0.4, 0.5) is 0 Å². The summed E-state index contributed by atoms with van der Waals surface area (Å²) in [5.41, 5.74) is 8.17. The average molecular weight is 316 g/mol. The highest BCUT2D eigenvalue weighted by molar-refractivity contribution is 7.08. The molecule has 0 saturated heterocycles. The molecule has 0 amide bonds. The van der Waals surface area contributed by atoms with Crippen molar-refractivity contribution in [3.63, 3.8) is 0 Å². The Balaban J connectivity index is 0.00000200. The Morgan fingerprint density at radius 3 is 2.05 bits per heavy atom. The van der Waals surface area contributed by atoms with Gasteiger partial charge in [0.05, 0.1) is 32.9 Å². The van der Waals surface area contributed by atoms with E-state index in [9.17, 15) is 0 Å². The summed E-state index contributed by atoms with van der Waals surface area (Å²) in [4.78, 5) is 0. The SMILES string of the molecule is COc1cc(OC)c([C@H](N)c2ccsc2)c(OC)c1.Cl. The van der Waals surface area contributed by atoms with Crippen LogP contribution in [-0.4, -0.2) is 21.3 Å². The molecule has 0 radical (unpaired) electrons. The van der Waals surface area contributed by atoms with Gasteiger partial charge in [0, 0.05) is 12.1 Å². The summed E-state index contributed by atoms with van der Waals surface area (Å²) in [6.45, 7) is 0. The molecule has 1 aromatic heterocycles. The number of hydrogen-bond donors (Lipinski definition) is 1. The van der Waals surface area contributed by atoms with Gasteiger partial charge in [-0.2, -0.15) is 11.3 Å². The molecule has 110 valence electrons. The minimum atomic E-state index is -0.290. The van der Waals surface area contributed by atoms with Crippen molar-refractivity contribution in [2.45, 2.75) is 6.04 Å². The largest absolute Gasteiger partial charge is 0.496 e. The second-order valence-electron chi connectivity index (χ2n) is 3.98. The fraction of sp³-hybridized carbons (Fsp3) is 0.286. The van der Waals surface area contributed by atoms with Crippen LogP contribution in [0.1, 0.15) is 17.2 Å². The van der Waals surface area contributed by atoms with Crippen LogP contribution in [0.15, 0.2) is 29.0 Å². The molecule has 0 bridgehead atoms. The molecule has 0 aliphatic heterocycles. The Kier molecular flexibility index (Phi) is 6.13. The average Bonchev–Trinajstić information content (AvgIpc) is 2.99. The minimum absolute atomic E-state index is 0. The smallest absolute Gasteiger partial charge is 0.131 e. The van der Waals surface area contributed by atoms with Crippen molar-refractivity contribution in [2.75, 3.05) is 21.3 Å². The summed E-state index contributed by atoms with van der Waals surface area (Å²) in [5.74, 6) is 2.00. The summed E-state index contributed by atoms with van der Waals surface area (Å²) in [7, 11) is 4.82. The lowest BCUT2D eigenvalue weighted by atomic mass is 9.99. The maximum atomic E-state index is 6.31. The molecule has 0 saturated carbocycles. The van der Waals surface area contributed by atoms with Gasteiger partial charge < -0.3 is 19.9 Å². The van der Waals surface area contributed by atoms with Crippen molar-refractivity contribution in [1.29, 1.82) is 0 Å². The van der Waals surface area contributed by atoms with E-state index in [0.29, 0.717) is 17.2 Å². The van der Waals surface area contributed by atoms with Crippen molar-refractivity contribution < 1.29 is 14.2 Å². The van der Waals surface area contributed by atoms with E-state index in [4.69, 9.17) is 19.9 Å². The quantitative estimate of drug-likeness (QED) is 0.920. The topological polar surface area (TPSA) is 53.7 Å². The second-order valence-corrected chi connectivity index (χ2v) is 4.76. The molecule has 6 heteroatoms. The summed E-state index contributed by atoms with van der Waals surface area (Å²) in [6.07, 6.45) is 0. The van der Waals surface area contributed by atoms with Gasteiger partial charge in [-0.15, -0.1) is 12.4 Å². The second kappa shape index (κ2) is 7.38. The third kappa shape index (κ3) is 3.17. The Morgan fingerprint density at radius 1 is 1.05 bits per heavy atom. The molecule has 2 aromatic rings. The van der Waals surface area contributed by atoms with E-state index in [0.717, 1.165) is 11.1 Å². The third-order valence-electron chi connectivity index (χ3n) is 2.97. The highest BCUT2D eigenvalue weighted by Gasteiger charge is 2.21. The Hall–Kier alpha value is -1.43. The number of halogens is 1. The Morgan fingerprint density at radius 2 is 1.65 bits per heavy atom. The normalized spacial score (nSPS) is 11.4. The molecule has 0 spiro atoms. The molecular weight excluding hydrogens is 298 g/mol. The van der Waals surface area contributed by atoms with E-state index in [1.54, 1.807) is 32.7 Å². The van der Waals surface area contributed by atoms with E-state index in [1.165, 1.54) is 0 Å². The first kappa shape index (κ1) is 16.6. The monoisotopic (exact) mass is 315 g/mol. The lowest BCUT2D eigenvalue weighted by Gasteiger charge is -2.19. The minimum Gasteiger partial charge on any atom is -0.496 e. The fourth-order valence-electron chi connectivity index (χ4n) is 1.96. The number of ether oxygens (including phenoxy) is 3. The summed E-state index contributed by atoms with van der Waals surface area (Å²) < 4.78 is 16.1. The van der Waals surface area contributed by atoms with Crippen LogP contribution in [0.3, 0.4) is 0 Å². The van der Waals surface area contributed by atoms with E-state index < -0.39 is 0 Å². The van der Waals surface area contributed by atoms with Crippen LogP contribution in [0.2, 0.25) is 0 Å². The van der Waals surface area contributed by atoms with Crippen molar-refractivity contribution in [3.8, 4) is 17.2 Å². The van der Waals surface area contributed by atoms with E-state index in [1.807, 2.05) is 29.0 Å². The van der Waals surface area contributed by atoms with Gasteiger partial charge in [0.1, 0.15) is 17.2 Å². The van der Waals surface area contributed by atoms with Gasteiger partial charge in [-0.3, -0.25) is 0 Å². The zero-order chi connectivity index (χ0) is 13.8. The van der Waals surface area contributed by atoms with Gasteiger partial charge in [-0.05, 0) is 22.4 Å². The van der Waals surface area contributed by atoms with Crippen LogP contribution in [0.5, 0.6) is 17.2 Å². The van der Waals surface area contributed by atoms with Gasteiger partial charge in [-0.1, -0.05) is 0 Å². The highest BCUT2D eigenvalue weighted by atomic mass is 35.5. The maximum Gasteiger partial charge on any atom is 0.131 e. The number of hydrogen-bond acceptors (Lipinski definition) is 5. The van der Waals surface area contributed by atoms with Gasteiger partial charge in [0.2, 0.25) is 0 Å². The Labute approximate surface area is 128 Å². The molecule has 1 atom stereocenters. The number of thiophene rings is 1. The number of nitrogens with two attached hydrogens (primary N) is 1. The predicted molar refractivity (Wildman–Crippen MR) is 83.7 cm³/mol.